The summed E-state index contributed by atoms with van der Waals surface area (Å²) in [4.78, 5) is 9.74. The molecule has 0 spiro atoms. The van der Waals surface area contributed by atoms with Crippen LogP contribution in [0.4, 0.5) is 4.39 Å². The van der Waals surface area contributed by atoms with E-state index in [4.69, 9.17) is 5.11 Å². The standard InChI is InChI=1S/C17H17FN2OS2/c18-13-6-4-12(5-7-13)14-10-23-17-15(14)16(19-11-20-17)22-9-3-1-2-8-21/h4-7,10-11,21H,1-3,8-9H2. The molecule has 0 radical (unpaired) electrons. The average molecular weight is 348 g/mol. The van der Waals surface area contributed by atoms with Gasteiger partial charge in [-0.05, 0) is 36.3 Å². The van der Waals surface area contributed by atoms with Crippen molar-refractivity contribution in [3.63, 3.8) is 0 Å². The zero-order valence-electron chi connectivity index (χ0n) is 12.5. The number of rotatable bonds is 7. The van der Waals surface area contributed by atoms with Gasteiger partial charge in [0.1, 0.15) is 22.0 Å². The molecule has 3 rings (SSSR count). The first-order chi connectivity index (χ1) is 11.3. The van der Waals surface area contributed by atoms with Gasteiger partial charge < -0.3 is 5.11 Å². The summed E-state index contributed by atoms with van der Waals surface area (Å²) in [5.74, 6) is 0.730. The highest BCUT2D eigenvalue weighted by atomic mass is 32.2. The lowest BCUT2D eigenvalue weighted by atomic mass is 10.1. The van der Waals surface area contributed by atoms with Crippen LogP contribution in [0, 0.1) is 5.82 Å². The predicted molar refractivity (Wildman–Crippen MR) is 94.5 cm³/mol. The second-order valence-corrected chi connectivity index (χ2v) is 7.09. The summed E-state index contributed by atoms with van der Waals surface area (Å²) in [5.41, 5.74) is 2.04. The molecule has 0 aliphatic carbocycles. The van der Waals surface area contributed by atoms with E-state index < -0.39 is 0 Å². The first-order valence-electron chi connectivity index (χ1n) is 7.51. The minimum absolute atomic E-state index is 0.233. The number of aliphatic hydroxyl groups is 1. The Morgan fingerprint density at radius 2 is 1.91 bits per heavy atom. The molecule has 0 fully saturated rings. The quantitative estimate of drug-likeness (QED) is 0.380. The minimum Gasteiger partial charge on any atom is -0.396 e. The van der Waals surface area contributed by atoms with E-state index in [-0.39, 0.29) is 12.4 Å². The number of hydrogen-bond donors (Lipinski definition) is 1. The van der Waals surface area contributed by atoms with E-state index in [0.717, 1.165) is 51.4 Å². The summed E-state index contributed by atoms with van der Waals surface area (Å²) in [7, 11) is 0. The number of unbranched alkanes of at least 4 members (excludes halogenated alkanes) is 2. The number of benzene rings is 1. The Bertz CT molecular complexity index is 774. The second-order valence-electron chi connectivity index (χ2n) is 5.15. The summed E-state index contributed by atoms with van der Waals surface area (Å²) in [6.07, 6.45) is 4.52. The normalized spacial score (nSPS) is 11.2. The fraction of sp³-hybridized carbons (Fsp3) is 0.294. The second kappa shape index (κ2) is 7.86. The van der Waals surface area contributed by atoms with Crippen molar-refractivity contribution in [2.75, 3.05) is 12.4 Å². The Labute approximate surface area is 142 Å². The fourth-order valence-electron chi connectivity index (χ4n) is 2.36. The summed E-state index contributed by atoms with van der Waals surface area (Å²) in [6, 6.07) is 6.54. The first kappa shape index (κ1) is 16.4. The lowest BCUT2D eigenvalue weighted by Crippen LogP contribution is -1.89. The number of fused-ring (bicyclic) bond motifs is 1. The number of aromatic nitrogens is 2. The molecular formula is C17H17FN2OS2. The Balaban J connectivity index is 1.86. The average Bonchev–Trinajstić information content (AvgIpc) is 3.00. The maximum absolute atomic E-state index is 13.1. The predicted octanol–water partition coefficient (Wildman–Crippen LogP) is 4.75. The van der Waals surface area contributed by atoms with Crippen molar-refractivity contribution in [1.29, 1.82) is 0 Å². The van der Waals surface area contributed by atoms with Crippen LogP contribution in [-0.2, 0) is 0 Å². The van der Waals surface area contributed by atoms with Gasteiger partial charge in [-0.15, -0.1) is 23.1 Å². The van der Waals surface area contributed by atoms with Crippen LogP contribution in [0.3, 0.4) is 0 Å². The zero-order chi connectivity index (χ0) is 16.1. The van der Waals surface area contributed by atoms with Crippen LogP contribution in [0.15, 0.2) is 41.0 Å². The molecule has 120 valence electrons. The Hall–Kier alpha value is -1.50. The number of thiophene rings is 1. The molecule has 0 saturated heterocycles. The Morgan fingerprint density at radius 3 is 2.70 bits per heavy atom. The highest BCUT2D eigenvalue weighted by Gasteiger charge is 2.13. The third-order valence-electron chi connectivity index (χ3n) is 3.53. The highest BCUT2D eigenvalue weighted by molar-refractivity contribution is 7.99. The van der Waals surface area contributed by atoms with E-state index in [1.807, 2.05) is 0 Å². The van der Waals surface area contributed by atoms with Crippen LogP contribution in [0.1, 0.15) is 19.3 Å². The van der Waals surface area contributed by atoms with Crippen LogP contribution in [0.5, 0.6) is 0 Å². The van der Waals surface area contributed by atoms with E-state index in [2.05, 4.69) is 15.3 Å². The number of halogens is 1. The molecule has 0 unspecified atom stereocenters. The van der Waals surface area contributed by atoms with Crippen LogP contribution in [-0.4, -0.2) is 27.4 Å². The maximum Gasteiger partial charge on any atom is 0.128 e. The van der Waals surface area contributed by atoms with E-state index in [9.17, 15) is 4.39 Å². The third kappa shape index (κ3) is 3.88. The molecule has 3 nitrogen and oxygen atoms in total. The molecule has 23 heavy (non-hydrogen) atoms. The summed E-state index contributed by atoms with van der Waals surface area (Å²) < 4.78 is 13.1. The number of hydrogen-bond acceptors (Lipinski definition) is 5. The molecule has 0 aliphatic heterocycles. The number of nitrogens with zero attached hydrogens (tertiary/aromatic N) is 2. The van der Waals surface area contributed by atoms with Gasteiger partial charge >= 0.3 is 0 Å². The van der Waals surface area contributed by atoms with Crippen molar-refractivity contribution >= 4 is 33.3 Å². The molecule has 3 aromatic rings. The lowest BCUT2D eigenvalue weighted by molar-refractivity contribution is 0.284. The summed E-state index contributed by atoms with van der Waals surface area (Å²) >= 11 is 3.30. The van der Waals surface area contributed by atoms with Gasteiger partial charge in [0, 0.05) is 17.6 Å². The molecule has 1 N–H and O–H groups in total. The molecule has 1 aromatic carbocycles. The van der Waals surface area contributed by atoms with Gasteiger partial charge in [0.15, 0.2) is 0 Å². The van der Waals surface area contributed by atoms with Gasteiger partial charge in [0.25, 0.3) is 0 Å². The maximum atomic E-state index is 13.1. The van der Waals surface area contributed by atoms with Gasteiger partial charge in [-0.1, -0.05) is 18.6 Å². The van der Waals surface area contributed by atoms with E-state index in [0.29, 0.717) is 0 Å². The minimum atomic E-state index is -0.233. The van der Waals surface area contributed by atoms with E-state index in [1.165, 1.54) is 12.1 Å². The highest BCUT2D eigenvalue weighted by Crippen LogP contribution is 2.38. The molecule has 2 aromatic heterocycles. The molecule has 0 aliphatic rings. The zero-order valence-corrected chi connectivity index (χ0v) is 14.2. The van der Waals surface area contributed by atoms with Crippen LogP contribution >= 0.6 is 23.1 Å². The van der Waals surface area contributed by atoms with Crippen LogP contribution in [0.2, 0.25) is 0 Å². The van der Waals surface area contributed by atoms with Crippen LogP contribution in [0.25, 0.3) is 21.3 Å². The van der Waals surface area contributed by atoms with Crippen molar-refractivity contribution in [1.82, 2.24) is 9.97 Å². The van der Waals surface area contributed by atoms with E-state index >= 15 is 0 Å². The van der Waals surface area contributed by atoms with Crippen LogP contribution < -0.4 is 0 Å². The van der Waals surface area contributed by atoms with Crippen molar-refractivity contribution < 1.29 is 9.50 Å². The molecule has 0 saturated carbocycles. The van der Waals surface area contributed by atoms with Gasteiger partial charge in [-0.25, -0.2) is 14.4 Å². The summed E-state index contributed by atoms with van der Waals surface area (Å²) in [5, 5.41) is 12.9. The fourth-order valence-corrected chi connectivity index (χ4v) is 4.35. The van der Waals surface area contributed by atoms with Crippen molar-refractivity contribution in [2.24, 2.45) is 0 Å². The lowest BCUT2D eigenvalue weighted by Gasteiger charge is -2.05. The molecule has 2 heterocycles. The Kier molecular flexibility index (Phi) is 5.59. The van der Waals surface area contributed by atoms with Crippen molar-refractivity contribution in [3.05, 3.63) is 41.8 Å². The Morgan fingerprint density at radius 1 is 1.09 bits per heavy atom. The van der Waals surface area contributed by atoms with Gasteiger partial charge in [0.2, 0.25) is 0 Å². The number of aliphatic hydroxyl groups excluding tert-OH is 1. The molecular weight excluding hydrogens is 331 g/mol. The monoisotopic (exact) mass is 348 g/mol. The molecule has 0 bridgehead atoms. The first-order valence-corrected chi connectivity index (χ1v) is 9.38. The number of thioether (sulfide) groups is 1. The van der Waals surface area contributed by atoms with Crippen molar-refractivity contribution in [2.45, 2.75) is 24.3 Å². The SMILES string of the molecule is OCCCCCSc1ncnc2scc(-c3ccc(F)cc3)c12. The molecule has 0 amide bonds. The smallest absolute Gasteiger partial charge is 0.128 e. The van der Waals surface area contributed by atoms with E-state index in [1.54, 1.807) is 41.6 Å². The summed E-state index contributed by atoms with van der Waals surface area (Å²) in [6.45, 7) is 0.252. The van der Waals surface area contributed by atoms with Gasteiger partial charge in [-0.2, -0.15) is 0 Å². The van der Waals surface area contributed by atoms with Crippen molar-refractivity contribution in [3.8, 4) is 11.1 Å². The van der Waals surface area contributed by atoms with Gasteiger partial charge in [-0.3, -0.25) is 0 Å². The largest absolute Gasteiger partial charge is 0.396 e. The topological polar surface area (TPSA) is 46.0 Å². The molecule has 6 heteroatoms. The van der Waals surface area contributed by atoms with Gasteiger partial charge in [0.05, 0.1) is 5.39 Å². The molecule has 0 atom stereocenters. The third-order valence-corrected chi connectivity index (χ3v) is 5.49.